The molecular formula is C14H14FN3OS. The maximum absolute atomic E-state index is 14.0. The Hall–Kier alpha value is -2.08. The van der Waals surface area contributed by atoms with Crippen molar-refractivity contribution in [3.05, 3.63) is 39.8 Å². The number of benzene rings is 1. The molecule has 0 radical (unpaired) electrons. The normalized spacial score (nSPS) is 13.8. The molecule has 4 N–H and O–H groups in total. The highest BCUT2D eigenvalue weighted by atomic mass is 32.1. The molecule has 3 rings (SSSR count). The molecule has 2 aromatic rings. The fourth-order valence-electron chi connectivity index (χ4n) is 2.20. The van der Waals surface area contributed by atoms with Gasteiger partial charge in [0.15, 0.2) is 0 Å². The van der Waals surface area contributed by atoms with E-state index < -0.39 is 0 Å². The molecule has 0 atom stereocenters. The Bertz CT molecular complexity index is 668. The van der Waals surface area contributed by atoms with E-state index in [0.717, 1.165) is 10.4 Å². The molecule has 1 aliphatic heterocycles. The number of aryl methyl sites for hydroxylation is 1. The van der Waals surface area contributed by atoms with Crippen molar-refractivity contribution >= 4 is 34.3 Å². The Kier molecular flexibility index (Phi) is 3.31. The van der Waals surface area contributed by atoms with Gasteiger partial charge in [-0.3, -0.25) is 4.79 Å². The number of carbonyl (C=O) groups excluding carboxylic acids is 1. The molecule has 0 aliphatic carbocycles. The van der Waals surface area contributed by atoms with E-state index >= 15 is 0 Å². The summed E-state index contributed by atoms with van der Waals surface area (Å²) in [6.07, 6.45) is 0.987. The number of thiophene rings is 1. The van der Waals surface area contributed by atoms with E-state index in [2.05, 4.69) is 10.6 Å². The molecule has 2 heterocycles. The molecule has 1 aromatic heterocycles. The van der Waals surface area contributed by atoms with Gasteiger partial charge in [0.25, 0.3) is 0 Å². The van der Waals surface area contributed by atoms with Crippen LogP contribution in [0.2, 0.25) is 0 Å². The van der Waals surface area contributed by atoms with E-state index in [1.54, 1.807) is 6.07 Å². The molecular weight excluding hydrogens is 277 g/mol. The minimum absolute atomic E-state index is 0.0300. The molecule has 0 fully saturated rings. The molecule has 20 heavy (non-hydrogen) atoms. The van der Waals surface area contributed by atoms with E-state index in [9.17, 15) is 9.18 Å². The number of hydrogen-bond donors (Lipinski definition) is 3. The maximum atomic E-state index is 14.0. The maximum Gasteiger partial charge on any atom is 0.224 e. The van der Waals surface area contributed by atoms with E-state index in [1.165, 1.54) is 17.4 Å². The number of carbonyl (C=O) groups is 1. The van der Waals surface area contributed by atoms with E-state index in [4.69, 9.17) is 5.73 Å². The van der Waals surface area contributed by atoms with Gasteiger partial charge in [0, 0.05) is 22.7 Å². The van der Waals surface area contributed by atoms with Crippen molar-refractivity contribution in [2.75, 3.05) is 16.4 Å². The first-order chi connectivity index (χ1) is 9.63. The lowest BCUT2D eigenvalue weighted by atomic mass is 10.0. The van der Waals surface area contributed by atoms with Crippen LogP contribution in [0.15, 0.2) is 23.6 Å². The zero-order valence-electron chi connectivity index (χ0n) is 10.7. The summed E-state index contributed by atoms with van der Waals surface area (Å²) in [5.41, 5.74) is 8.39. The summed E-state index contributed by atoms with van der Waals surface area (Å²) < 4.78 is 14.0. The Labute approximate surface area is 119 Å². The van der Waals surface area contributed by atoms with Gasteiger partial charge in [-0.2, -0.15) is 0 Å². The molecule has 1 amide bonds. The average molecular weight is 291 g/mol. The fraction of sp³-hybridized carbons (Fsp3) is 0.214. The molecule has 104 valence electrons. The summed E-state index contributed by atoms with van der Waals surface area (Å²) in [6.45, 7) is 0.465. The first kappa shape index (κ1) is 12.9. The lowest BCUT2D eigenvalue weighted by Gasteiger charge is -2.18. The molecule has 0 saturated heterocycles. The Balaban J connectivity index is 1.81. The number of rotatable bonds is 3. The van der Waals surface area contributed by atoms with Gasteiger partial charge in [0.2, 0.25) is 5.91 Å². The van der Waals surface area contributed by atoms with Gasteiger partial charge in [-0.15, -0.1) is 11.3 Å². The molecule has 0 saturated carbocycles. The molecule has 0 bridgehead atoms. The number of nitrogen functional groups attached to an aromatic ring is 1. The number of nitrogens with two attached hydrogens (primary N) is 1. The summed E-state index contributed by atoms with van der Waals surface area (Å²) >= 11 is 1.52. The van der Waals surface area contributed by atoms with Crippen molar-refractivity contribution in [3.8, 4) is 0 Å². The minimum atomic E-state index is -0.310. The quantitative estimate of drug-likeness (QED) is 0.814. The first-order valence-corrected chi connectivity index (χ1v) is 7.19. The first-order valence-electron chi connectivity index (χ1n) is 6.31. The van der Waals surface area contributed by atoms with E-state index in [0.29, 0.717) is 36.4 Å². The molecule has 0 unspecified atom stereocenters. The van der Waals surface area contributed by atoms with Crippen LogP contribution in [-0.4, -0.2) is 5.91 Å². The number of nitrogens with one attached hydrogen (secondary N) is 2. The molecule has 0 spiro atoms. The van der Waals surface area contributed by atoms with Crippen molar-refractivity contribution in [1.29, 1.82) is 0 Å². The van der Waals surface area contributed by atoms with Crippen molar-refractivity contribution in [1.82, 2.24) is 0 Å². The van der Waals surface area contributed by atoms with Crippen LogP contribution in [0.1, 0.15) is 16.9 Å². The van der Waals surface area contributed by atoms with Crippen LogP contribution in [0.5, 0.6) is 0 Å². The minimum Gasteiger partial charge on any atom is -0.398 e. The molecule has 1 aromatic carbocycles. The van der Waals surface area contributed by atoms with Crippen LogP contribution >= 0.6 is 11.3 Å². The van der Waals surface area contributed by atoms with Gasteiger partial charge >= 0.3 is 0 Å². The number of halogens is 1. The summed E-state index contributed by atoms with van der Waals surface area (Å²) in [4.78, 5) is 12.3. The third kappa shape index (κ3) is 2.46. The third-order valence-corrected chi connectivity index (χ3v) is 4.24. The van der Waals surface area contributed by atoms with Crippen LogP contribution in [0.4, 0.5) is 21.5 Å². The second-order valence-electron chi connectivity index (χ2n) is 4.69. The Morgan fingerprint density at radius 2 is 2.25 bits per heavy atom. The highest BCUT2D eigenvalue weighted by Crippen LogP contribution is 2.29. The summed E-state index contributed by atoms with van der Waals surface area (Å²) in [5, 5.41) is 7.69. The van der Waals surface area contributed by atoms with Gasteiger partial charge in [-0.25, -0.2) is 4.39 Å². The molecule has 1 aliphatic rings. The largest absolute Gasteiger partial charge is 0.398 e. The number of anilines is 3. The van der Waals surface area contributed by atoms with Crippen molar-refractivity contribution in [2.45, 2.75) is 19.4 Å². The van der Waals surface area contributed by atoms with Crippen LogP contribution in [0, 0.1) is 5.82 Å². The van der Waals surface area contributed by atoms with Gasteiger partial charge in [-0.05, 0) is 35.6 Å². The van der Waals surface area contributed by atoms with Gasteiger partial charge in [0.05, 0.1) is 12.2 Å². The highest BCUT2D eigenvalue weighted by Gasteiger charge is 2.17. The lowest BCUT2D eigenvalue weighted by Crippen LogP contribution is -2.19. The van der Waals surface area contributed by atoms with Crippen LogP contribution in [-0.2, 0) is 17.8 Å². The average Bonchev–Trinajstić information content (AvgIpc) is 2.82. The number of fused-ring (bicyclic) bond motifs is 1. The second kappa shape index (κ2) is 5.13. The number of amides is 1. The van der Waals surface area contributed by atoms with Crippen molar-refractivity contribution < 1.29 is 9.18 Å². The zero-order valence-corrected chi connectivity index (χ0v) is 11.5. The topological polar surface area (TPSA) is 67.1 Å². The van der Waals surface area contributed by atoms with Crippen LogP contribution in [0.25, 0.3) is 0 Å². The van der Waals surface area contributed by atoms with Crippen LogP contribution < -0.4 is 16.4 Å². The Morgan fingerprint density at radius 1 is 1.40 bits per heavy atom. The van der Waals surface area contributed by atoms with Gasteiger partial charge < -0.3 is 16.4 Å². The van der Waals surface area contributed by atoms with Gasteiger partial charge in [-0.1, -0.05) is 0 Å². The van der Waals surface area contributed by atoms with Gasteiger partial charge in [0.1, 0.15) is 5.82 Å². The number of hydrogen-bond acceptors (Lipinski definition) is 4. The van der Waals surface area contributed by atoms with Crippen LogP contribution in [0.3, 0.4) is 0 Å². The fourth-order valence-corrected chi connectivity index (χ4v) is 2.94. The highest BCUT2D eigenvalue weighted by molar-refractivity contribution is 7.10. The summed E-state index contributed by atoms with van der Waals surface area (Å²) in [6, 6.07) is 4.95. The van der Waals surface area contributed by atoms with E-state index in [1.807, 2.05) is 11.4 Å². The Morgan fingerprint density at radius 3 is 3.00 bits per heavy atom. The summed E-state index contributed by atoms with van der Waals surface area (Å²) in [5.74, 6) is -0.340. The summed E-state index contributed by atoms with van der Waals surface area (Å²) in [7, 11) is 0. The monoisotopic (exact) mass is 291 g/mol. The second-order valence-corrected chi connectivity index (χ2v) is 5.69. The predicted molar refractivity (Wildman–Crippen MR) is 79.4 cm³/mol. The molecule has 6 heteroatoms. The van der Waals surface area contributed by atoms with Crippen molar-refractivity contribution in [2.24, 2.45) is 0 Å². The van der Waals surface area contributed by atoms with E-state index in [-0.39, 0.29) is 11.7 Å². The standard InChI is InChI=1S/C14H14FN3OS/c15-9-5-8-1-2-14(19)18-11(8)6-12(9)17-7-13-10(16)3-4-20-13/h3-6,17H,1-2,7,16H2,(H,18,19). The van der Waals surface area contributed by atoms with Crippen molar-refractivity contribution in [3.63, 3.8) is 0 Å². The zero-order chi connectivity index (χ0) is 14.1. The third-order valence-electron chi connectivity index (χ3n) is 3.31. The predicted octanol–water partition coefficient (Wildman–Crippen LogP) is 2.97. The lowest BCUT2D eigenvalue weighted by molar-refractivity contribution is -0.116. The smallest absolute Gasteiger partial charge is 0.224 e. The SMILES string of the molecule is Nc1ccsc1CNc1cc2c(cc1F)CCC(=O)N2. The molecule has 4 nitrogen and oxygen atoms in total.